The number of halogens is 1. The van der Waals surface area contributed by atoms with Crippen molar-refractivity contribution in [3.8, 4) is 5.75 Å². The van der Waals surface area contributed by atoms with Crippen LogP contribution in [0.15, 0.2) is 58.2 Å². The smallest absolute Gasteiger partial charge is 0.351 e. The molecule has 1 atom stereocenters. The summed E-state index contributed by atoms with van der Waals surface area (Å²) in [4.78, 5) is 24.4. The van der Waals surface area contributed by atoms with Gasteiger partial charge in [0.25, 0.3) is 0 Å². The van der Waals surface area contributed by atoms with Crippen molar-refractivity contribution >= 4 is 47.5 Å². The van der Waals surface area contributed by atoms with Gasteiger partial charge in [0, 0.05) is 0 Å². The molecule has 0 spiro atoms. The van der Waals surface area contributed by atoms with Gasteiger partial charge in [-0.25, -0.2) is 4.79 Å². The van der Waals surface area contributed by atoms with Crippen LogP contribution in [-0.4, -0.2) is 23.1 Å². The molecule has 0 bridgehead atoms. The first-order chi connectivity index (χ1) is 12.1. The van der Waals surface area contributed by atoms with Crippen molar-refractivity contribution in [1.82, 2.24) is 0 Å². The minimum Gasteiger partial charge on any atom is -0.497 e. The van der Waals surface area contributed by atoms with E-state index in [9.17, 15) is 9.59 Å². The van der Waals surface area contributed by atoms with Crippen molar-refractivity contribution in [2.24, 2.45) is 0 Å². The third-order valence-corrected chi connectivity index (χ3v) is 6.17. The monoisotopic (exact) mass is 448 g/mol. The second-order valence-electron chi connectivity index (χ2n) is 5.54. The lowest BCUT2D eigenvalue weighted by Crippen LogP contribution is -2.18. The van der Waals surface area contributed by atoms with E-state index in [1.807, 2.05) is 46.5 Å². The topological polar surface area (TPSA) is 52.6 Å². The number of allylic oxidation sites excluding steroid dienone is 3. The molecule has 0 aliphatic carbocycles. The summed E-state index contributed by atoms with van der Waals surface area (Å²) in [7, 11) is 1.63. The average Bonchev–Trinajstić information content (AvgIpc) is 2.67. The number of ether oxygens (including phenoxy) is 2. The van der Waals surface area contributed by atoms with E-state index in [1.54, 1.807) is 26.2 Å². The van der Waals surface area contributed by atoms with Gasteiger partial charge in [0.15, 0.2) is 0 Å². The Labute approximate surface area is 155 Å². The molecule has 2 aromatic carbocycles. The van der Waals surface area contributed by atoms with Crippen molar-refractivity contribution < 1.29 is 19.1 Å². The Hall–Kier alpha value is -2.28. The number of carbonyl (C=O) groups excluding carboxylic acids is 2. The van der Waals surface area contributed by atoms with E-state index in [1.165, 1.54) is 0 Å². The van der Waals surface area contributed by atoms with E-state index < -0.39 is 38.6 Å². The van der Waals surface area contributed by atoms with Gasteiger partial charge in [-0.15, -0.1) is 0 Å². The lowest BCUT2D eigenvalue weighted by molar-refractivity contribution is -0.157. The number of methoxy groups -OCH3 is 1. The first-order valence-electron chi connectivity index (χ1n) is 7.76. The van der Waals surface area contributed by atoms with Crippen LogP contribution in [0.4, 0.5) is 0 Å². The molecule has 25 heavy (non-hydrogen) atoms. The van der Waals surface area contributed by atoms with Gasteiger partial charge in [0.2, 0.25) is 0 Å². The van der Waals surface area contributed by atoms with Crippen LogP contribution in [0, 0.1) is 0 Å². The van der Waals surface area contributed by atoms with Crippen LogP contribution in [0.1, 0.15) is 18.4 Å². The summed E-state index contributed by atoms with van der Waals surface area (Å²) in [5.41, 5.74) is 0.814. The maximum Gasteiger partial charge on any atom is 0.351 e. The number of esters is 2. The van der Waals surface area contributed by atoms with Crippen molar-refractivity contribution in [1.29, 1.82) is 0 Å². The highest BCUT2D eigenvalue weighted by Gasteiger charge is 2.22. The van der Waals surface area contributed by atoms with Crippen LogP contribution >= 0.6 is 20.7 Å². The van der Waals surface area contributed by atoms with Gasteiger partial charge in [-0.05, 0) is 45.5 Å². The summed E-state index contributed by atoms with van der Waals surface area (Å²) >= 11 is -0.517. The number of hydrogen-bond donors (Lipinski definition) is 0. The van der Waals surface area contributed by atoms with Crippen LogP contribution in [-0.2, 0) is 14.3 Å². The van der Waals surface area contributed by atoms with Crippen LogP contribution in [0.2, 0.25) is 0 Å². The fourth-order valence-electron chi connectivity index (χ4n) is 2.44. The molecule has 0 unspecified atom stereocenters. The van der Waals surface area contributed by atoms with Gasteiger partial charge < -0.3 is 9.47 Å². The molecule has 0 N–H and O–H groups in total. The summed E-state index contributed by atoms with van der Waals surface area (Å²) in [5.74, 6) is -0.793. The molecule has 0 saturated heterocycles. The molecule has 4 nitrogen and oxygen atoms in total. The van der Waals surface area contributed by atoms with Gasteiger partial charge in [0.05, 0.1) is 16.6 Å². The Morgan fingerprint density at radius 2 is 1.80 bits per heavy atom. The first-order valence-corrected chi connectivity index (χ1v) is 10.1. The van der Waals surface area contributed by atoms with Crippen LogP contribution in [0.25, 0.3) is 10.8 Å². The normalized spacial score (nSPS) is 14.4. The fourth-order valence-corrected chi connectivity index (χ4v) is 4.05. The molecule has 0 aromatic heterocycles. The predicted octanol–water partition coefficient (Wildman–Crippen LogP) is 4.25. The van der Waals surface area contributed by atoms with E-state index in [4.69, 9.17) is 9.47 Å². The van der Waals surface area contributed by atoms with Crippen molar-refractivity contribution in [2.45, 2.75) is 12.8 Å². The minimum atomic E-state index is -0.532. The lowest BCUT2D eigenvalue weighted by Gasteiger charge is -2.12. The van der Waals surface area contributed by atoms with E-state index in [2.05, 4.69) is 0 Å². The van der Waals surface area contributed by atoms with Crippen molar-refractivity contribution in [2.75, 3.05) is 7.11 Å². The molecule has 0 fully saturated rings. The zero-order valence-electron chi connectivity index (χ0n) is 13.9. The molecule has 3 rings (SSSR count). The molecular formula is C20H17IO4. The van der Waals surface area contributed by atoms with Crippen LogP contribution in [0.3, 0.4) is 0 Å². The molecule has 1 aliphatic heterocycles. The third-order valence-electron chi connectivity index (χ3n) is 3.92. The second kappa shape index (κ2) is 7.74. The molecule has 128 valence electrons. The summed E-state index contributed by atoms with van der Waals surface area (Å²) in [6.45, 7) is 1.75. The summed E-state index contributed by atoms with van der Waals surface area (Å²) in [6.07, 6.45) is 5.40. The number of hydrogen-bond acceptors (Lipinski definition) is 4. The number of rotatable bonds is 4. The summed E-state index contributed by atoms with van der Waals surface area (Å²) < 4.78 is 12.8. The number of fused-ring (bicyclic) bond motifs is 1. The van der Waals surface area contributed by atoms with E-state index in [-0.39, 0.29) is 0 Å². The number of benzene rings is 2. The van der Waals surface area contributed by atoms with Crippen LogP contribution in [0.5, 0.6) is 5.75 Å². The quantitative estimate of drug-likeness (QED) is 0.399. The van der Waals surface area contributed by atoms with Gasteiger partial charge in [0.1, 0.15) is 5.75 Å². The maximum absolute atomic E-state index is 12.3. The predicted molar refractivity (Wildman–Crippen MR) is 107 cm³/mol. The highest BCUT2D eigenvalue weighted by Crippen LogP contribution is 2.26. The average molecular weight is 448 g/mol. The Morgan fingerprint density at radius 3 is 2.52 bits per heavy atom. The Balaban J connectivity index is 1.76. The van der Waals surface area contributed by atoms with Crippen molar-refractivity contribution in [3.63, 3.8) is 0 Å². The third kappa shape index (κ3) is 4.04. The maximum atomic E-state index is 12.3. The fraction of sp³-hybridized carbons (Fsp3) is 0.150. The Morgan fingerprint density at radius 1 is 1.04 bits per heavy atom. The highest BCUT2D eigenvalue weighted by atomic mass is 127. The highest BCUT2D eigenvalue weighted by molar-refractivity contribution is 14.2. The van der Waals surface area contributed by atoms with Crippen LogP contribution < -0.4 is 4.74 Å². The van der Waals surface area contributed by atoms with Gasteiger partial charge in [-0.2, -0.15) is 0 Å². The lowest BCUT2D eigenvalue weighted by atomic mass is 9.98. The molecule has 1 heterocycles. The van der Waals surface area contributed by atoms with Crippen molar-refractivity contribution in [3.05, 3.63) is 63.8 Å². The molecule has 0 radical (unpaired) electrons. The van der Waals surface area contributed by atoms with E-state index in [0.717, 1.165) is 22.1 Å². The van der Waals surface area contributed by atoms with Gasteiger partial charge in [-0.3, -0.25) is 4.79 Å². The molecule has 1 aliphatic rings. The minimum absolute atomic E-state index is 0.516. The largest absolute Gasteiger partial charge is 0.497 e. The molecular weight excluding hydrogens is 431 g/mol. The summed E-state index contributed by atoms with van der Waals surface area (Å²) in [5, 5.41) is 2.03. The zero-order valence-corrected chi connectivity index (χ0v) is 16.0. The first kappa shape index (κ1) is 17.5. The number of carbonyl (C=O) groups is 2. The molecule has 5 heteroatoms. The van der Waals surface area contributed by atoms with E-state index >= 15 is 0 Å². The molecule has 0 amide bonds. The van der Waals surface area contributed by atoms with Gasteiger partial charge in [-0.1, -0.05) is 57.1 Å². The Bertz CT molecular complexity index is 924. The zero-order chi connectivity index (χ0) is 17.8. The standard InChI is InChI=1S/C20H17IO4/c1-13(19(22)25-20(23)18-5-3-4-10-21-18)14-6-7-16-12-17(24-2)9-8-15(16)11-14/h3-13H,1-2H3/t13-/m0/s1. The molecule has 2 aromatic rings. The second-order valence-corrected chi connectivity index (χ2v) is 8.04. The SMILES string of the molecule is COc1ccc2cc([C@H](C)C(=O)OC(=O)C3=CC=CC=I3)ccc2c1. The summed E-state index contributed by atoms with van der Waals surface area (Å²) in [6, 6.07) is 11.5. The molecule has 0 saturated carbocycles. The Kier molecular flexibility index (Phi) is 5.43. The van der Waals surface area contributed by atoms with E-state index in [0.29, 0.717) is 3.58 Å². The van der Waals surface area contributed by atoms with Gasteiger partial charge >= 0.3 is 11.9 Å².